The summed E-state index contributed by atoms with van der Waals surface area (Å²) in [7, 11) is 0. The molecule has 0 unspecified atom stereocenters. The molecule has 2 rings (SSSR count). The van der Waals surface area contributed by atoms with Gasteiger partial charge in [-0.3, -0.25) is 4.79 Å². The summed E-state index contributed by atoms with van der Waals surface area (Å²) in [6.07, 6.45) is 1.05. The summed E-state index contributed by atoms with van der Waals surface area (Å²) in [5, 5.41) is 2.91. The van der Waals surface area contributed by atoms with Crippen molar-refractivity contribution in [2.75, 3.05) is 0 Å². The Morgan fingerprint density at radius 2 is 1.84 bits per heavy atom. The van der Waals surface area contributed by atoms with E-state index in [9.17, 15) is 4.79 Å². The fourth-order valence-electron chi connectivity index (χ4n) is 1.85. The third kappa shape index (κ3) is 3.44. The Morgan fingerprint density at radius 1 is 1.16 bits per heavy atom. The maximum Gasteiger partial charge on any atom is 0.261 e. The lowest BCUT2D eigenvalue weighted by Gasteiger charge is -2.05. The van der Waals surface area contributed by atoms with Crippen LogP contribution in [-0.2, 0) is 6.42 Å². The van der Waals surface area contributed by atoms with Crippen LogP contribution in [0.5, 0.6) is 0 Å². The maximum absolute atomic E-state index is 11.9. The lowest BCUT2D eigenvalue weighted by Crippen LogP contribution is -2.29. The van der Waals surface area contributed by atoms with Crippen molar-refractivity contribution in [1.82, 2.24) is 5.32 Å². The SMILES string of the molecule is CCc1ccc(-c2ccc(C(=O)NC(C)C)s2)cc1. The topological polar surface area (TPSA) is 29.1 Å². The van der Waals surface area contributed by atoms with Crippen LogP contribution in [0.15, 0.2) is 36.4 Å². The molecule has 0 saturated heterocycles. The smallest absolute Gasteiger partial charge is 0.261 e. The van der Waals surface area contributed by atoms with Crippen LogP contribution in [0.4, 0.5) is 0 Å². The van der Waals surface area contributed by atoms with Crippen LogP contribution in [0.2, 0.25) is 0 Å². The highest BCUT2D eigenvalue weighted by Gasteiger charge is 2.10. The van der Waals surface area contributed by atoms with Gasteiger partial charge in [0.25, 0.3) is 5.91 Å². The molecule has 0 spiro atoms. The van der Waals surface area contributed by atoms with E-state index in [2.05, 4.69) is 36.5 Å². The summed E-state index contributed by atoms with van der Waals surface area (Å²) < 4.78 is 0. The minimum absolute atomic E-state index is 0.0106. The molecule has 19 heavy (non-hydrogen) atoms. The van der Waals surface area contributed by atoms with Gasteiger partial charge < -0.3 is 5.32 Å². The summed E-state index contributed by atoms with van der Waals surface area (Å²) in [5.74, 6) is 0.0106. The van der Waals surface area contributed by atoms with Crippen LogP contribution in [-0.4, -0.2) is 11.9 Å². The van der Waals surface area contributed by atoms with Crippen LogP contribution in [0, 0.1) is 0 Å². The van der Waals surface area contributed by atoms with Gasteiger partial charge in [-0.1, -0.05) is 31.2 Å². The van der Waals surface area contributed by atoms with Gasteiger partial charge in [0, 0.05) is 10.9 Å². The van der Waals surface area contributed by atoms with E-state index in [-0.39, 0.29) is 11.9 Å². The highest BCUT2D eigenvalue weighted by atomic mass is 32.1. The van der Waals surface area contributed by atoms with Crippen molar-refractivity contribution in [1.29, 1.82) is 0 Å². The van der Waals surface area contributed by atoms with Gasteiger partial charge in [0.15, 0.2) is 0 Å². The number of benzene rings is 1. The molecule has 0 saturated carbocycles. The molecular formula is C16H19NOS. The minimum Gasteiger partial charge on any atom is -0.349 e. The number of thiophene rings is 1. The molecule has 0 aliphatic heterocycles. The second-order valence-electron chi connectivity index (χ2n) is 4.84. The molecular weight excluding hydrogens is 254 g/mol. The first-order valence-electron chi connectivity index (χ1n) is 6.60. The van der Waals surface area contributed by atoms with Gasteiger partial charge in [0.1, 0.15) is 0 Å². The zero-order chi connectivity index (χ0) is 13.8. The average molecular weight is 273 g/mol. The molecule has 1 heterocycles. The van der Waals surface area contributed by atoms with Crippen LogP contribution >= 0.6 is 11.3 Å². The van der Waals surface area contributed by atoms with Crippen molar-refractivity contribution >= 4 is 17.2 Å². The normalized spacial score (nSPS) is 10.7. The highest BCUT2D eigenvalue weighted by molar-refractivity contribution is 7.17. The summed E-state index contributed by atoms with van der Waals surface area (Å²) in [4.78, 5) is 13.8. The molecule has 0 aliphatic carbocycles. The Morgan fingerprint density at radius 3 is 2.42 bits per heavy atom. The summed E-state index contributed by atoms with van der Waals surface area (Å²) in [6.45, 7) is 6.08. The number of rotatable bonds is 4. The summed E-state index contributed by atoms with van der Waals surface area (Å²) in [5.41, 5.74) is 2.50. The number of amides is 1. The molecule has 0 radical (unpaired) electrons. The van der Waals surface area contributed by atoms with Gasteiger partial charge >= 0.3 is 0 Å². The number of carbonyl (C=O) groups excluding carboxylic acids is 1. The van der Waals surface area contributed by atoms with Crippen LogP contribution < -0.4 is 5.32 Å². The molecule has 2 nitrogen and oxygen atoms in total. The largest absolute Gasteiger partial charge is 0.349 e. The zero-order valence-corrected chi connectivity index (χ0v) is 12.4. The van der Waals surface area contributed by atoms with Gasteiger partial charge in [-0.15, -0.1) is 11.3 Å². The number of hydrogen-bond acceptors (Lipinski definition) is 2. The Balaban J connectivity index is 2.18. The van der Waals surface area contributed by atoms with Crippen LogP contribution in [0.1, 0.15) is 36.0 Å². The predicted molar refractivity (Wildman–Crippen MR) is 81.7 cm³/mol. The lowest BCUT2D eigenvalue weighted by molar-refractivity contribution is 0.0947. The van der Waals surface area contributed by atoms with E-state index in [1.165, 1.54) is 22.5 Å². The van der Waals surface area contributed by atoms with Gasteiger partial charge in [0.05, 0.1) is 4.88 Å². The predicted octanol–water partition coefficient (Wildman–Crippen LogP) is 4.12. The second kappa shape index (κ2) is 6.02. The monoisotopic (exact) mass is 273 g/mol. The first-order valence-corrected chi connectivity index (χ1v) is 7.41. The quantitative estimate of drug-likeness (QED) is 0.892. The van der Waals surface area contributed by atoms with E-state index in [4.69, 9.17) is 0 Å². The molecule has 1 N–H and O–H groups in total. The van der Waals surface area contributed by atoms with Crippen LogP contribution in [0.3, 0.4) is 0 Å². The van der Waals surface area contributed by atoms with E-state index in [1.54, 1.807) is 0 Å². The first-order chi connectivity index (χ1) is 9.10. The van der Waals surface area contributed by atoms with E-state index in [1.807, 2.05) is 26.0 Å². The zero-order valence-electron chi connectivity index (χ0n) is 11.6. The second-order valence-corrected chi connectivity index (χ2v) is 5.93. The maximum atomic E-state index is 11.9. The standard InChI is InChI=1S/C16H19NOS/c1-4-12-5-7-13(8-6-12)14-9-10-15(19-14)16(18)17-11(2)3/h5-11H,4H2,1-3H3,(H,17,18). The van der Waals surface area contributed by atoms with E-state index >= 15 is 0 Å². The van der Waals surface area contributed by atoms with Crippen molar-refractivity contribution < 1.29 is 4.79 Å². The molecule has 0 bridgehead atoms. The Hall–Kier alpha value is -1.61. The number of carbonyl (C=O) groups is 1. The van der Waals surface area contributed by atoms with Crippen molar-refractivity contribution in [3.8, 4) is 10.4 Å². The molecule has 1 aromatic carbocycles. The van der Waals surface area contributed by atoms with E-state index in [0.717, 1.165) is 16.2 Å². The number of nitrogens with one attached hydrogen (secondary N) is 1. The van der Waals surface area contributed by atoms with Crippen LogP contribution in [0.25, 0.3) is 10.4 Å². The van der Waals surface area contributed by atoms with Crippen molar-refractivity contribution in [3.05, 3.63) is 46.8 Å². The highest BCUT2D eigenvalue weighted by Crippen LogP contribution is 2.28. The third-order valence-corrected chi connectivity index (χ3v) is 4.03. The third-order valence-electron chi connectivity index (χ3n) is 2.90. The number of hydrogen-bond donors (Lipinski definition) is 1. The average Bonchev–Trinajstić information content (AvgIpc) is 2.88. The van der Waals surface area contributed by atoms with Gasteiger partial charge in [0.2, 0.25) is 0 Å². The number of aryl methyl sites for hydroxylation is 1. The molecule has 1 aromatic heterocycles. The van der Waals surface area contributed by atoms with Crippen molar-refractivity contribution in [2.24, 2.45) is 0 Å². The first kappa shape index (κ1) is 13.8. The Bertz CT molecular complexity index is 554. The fraction of sp³-hybridized carbons (Fsp3) is 0.312. The molecule has 3 heteroatoms. The van der Waals surface area contributed by atoms with Gasteiger partial charge in [-0.2, -0.15) is 0 Å². The molecule has 1 amide bonds. The lowest BCUT2D eigenvalue weighted by atomic mass is 10.1. The fourth-order valence-corrected chi connectivity index (χ4v) is 2.77. The van der Waals surface area contributed by atoms with E-state index < -0.39 is 0 Å². The summed E-state index contributed by atoms with van der Waals surface area (Å²) in [6, 6.07) is 12.6. The van der Waals surface area contributed by atoms with Crippen molar-refractivity contribution in [2.45, 2.75) is 33.2 Å². The minimum atomic E-state index is 0.0106. The van der Waals surface area contributed by atoms with Gasteiger partial charge in [-0.05, 0) is 43.5 Å². The molecule has 0 atom stereocenters. The molecule has 100 valence electrons. The van der Waals surface area contributed by atoms with Crippen molar-refractivity contribution in [3.63, 3.8) is 0 Å². The van der Waals surface area contributed by atoms with E-state index in [0.29, 0.717) is 0 Å². The Labute approximate surface area is 118 Å². The molecule has 0 fully saturated rings. The molecule has 2 aromatic rings. The Kier molecular flexibility index (Phi) is 4.38. The molecule has 0 aliphatic rings. The summed E-state index contributed by atoms with van der Waals surface area (Å²) >= 11 is 1.54. The van der Waals surface area contributed by atoms with Gasteiger partial charge in [-0.25, -0.2) is 0 Å².